The molecule has 1 amide bonds. The number of nitrogens with one attached hydrogen (secondary N) is 1. The standard InChI is InChI=1S/C16H16N4O2/c1-10-8-11(2)20(19-10)15-5-4-13(9-17-15)18-16(21)14-6-7-22-12(14)3/h4-9H,1-3H3,(H,18,21). The van der Waals surface area contributed by atoms with Crippen LogP contribution in [0.15, 0.2) is 41.1 Å². The molecule has 0 fully saturated rings. The van der Waals surface area contributed by atoms with Crippen LogP contribution in [-0.4, -0.2) is 20.7 Å². The number of anilines is 1. The summed E-state index contributed by atoms with van der Waals surface area (Å²) in [6.07, 6.45) is 3.10. The molecule has 0 radical (unpaired) electrons. The smallest absolute Gasteiger partial charge is 0.259 e. The summed E-state index contributed by atoms with van der Waals surface area (Å²) >= 11 is 0. The minimum absolute atomic E-state index is 0.216. The molecular formula is C16H16N4O2. The fourth-order valence-electron chi connectivity index (χ4n) is 2.27. The second kappa shape index (κ2) is 5.48. The normalized spacial score (nSPS) is 10.7. The Morgan fingerprint density at radius 3 is 2.59 bits per heavy atom. The predicted molar refractivity (Wildman–Crippen MR) is 82.2 cm³/mol. The first-order chi connectivity index (χ1) is 10.5. The lowest BCUT2D eigenvalue weighted by Crippen LogP contribution is -2.12. The Labute approximate surface area is 127 Å². The van der Waals surface area contributed by atoms with Crippen molar-refractivity contribution in [3.63, 3.8) is 0 Å². The topological polar surface area (TPSA) is 73.0 Å². The Bertz CT molecular complexity index is 815. The summed E-state index contributed by atoms with van der Waals surface area (Å²) in [5.74, 6) is 1.08. The Balaban J connectivity index is 1.79. The van der Waals surface area contributed by atoms with E-state index in [1.165, 1.54) is 6.26 Å². The average molecular weight is 296 g/mol. The van der Waals surface area contributed by atoms with E-state index >= 15 is 0 Å². The van der Waals surface area contributed by atoms with E-state index in [0.717, 1.165) is 11.4 Å². The number of carbonyl (C=O) groups excluding carboxylic acids is 1. The fourth-order valence-corrected chi connectivity index (χ4v) is 2.27. The van der Waals surface area contributed by atoms with Crippen molar-refractivity contribution in [2.75, 3.05) is 5.32 Å². The molecule has 1 N–H and O–H groups in total. The number of hydrogen-bond acceptors (Lipinski definition) is 4. The number of aromatic nitrogens is 3. The maximum absolute atomic E-state index is 12.1. The number of carbonyl (C=O) groups is 1. The molecule has 0 aromatic carbocycles. The zero-order valence-corrected chi connectivity index (χ0v) is 12.6. The first-order valence-electron chi connectivity index (χ1n) is 6.90. The van der Waals surface area contributed by atoms with E-state index in [9.17, 15) is 4.79 Å². The van der Waals surface area contributed by atoms with Crippen molar-refractivity contribution in [2.45, 2.75) is 20.8 Å². The van der Waals surface area contributed by atoms with Gasteiger partial charge in [-0.1, -0.05) is 0 Å². The Hall–Kier alpha value is -2.89. The molecule has 0 aliphatic rings. The summed E-state index contributed by atoms with van der Waals surface area (Å²) in [6, 6.07) is 7.24. The first-order valence-corrected chi connectivity index (χ1v) is 6.90. The second-order valence-electron chi connectivity index (χ2n) is 5.09. The summed E-state index contributed by atoms with van der Waals surface area (Å²) in [6.45, 7) is 5.66. The van der Waals surface area contributed by atoms with Gasteiger partial charge in [-0.2, -0.15) is 5.10 Å². The number of hydrogen-bond donors (Lipinski definition) is 1. The van der Waals surface area contributed by atoms with Crippen molar-refractivity contribution in [3.8, 4) is 5.82 Å². The van der Waals surface area contributed by atoms with Gasteiger partial charge >= 0.3 is 0 Å². The second-order valence-corrected chi connectivity index (χ2v) is 5.09. The van der Waals surface area contributed by atoms with Gasteiger partial charge in [-0.3, -0.25) is 4.79 Å². The van der Waals surface area contributed by atoms with Gasteiger partial charge in [0.2, 0.25) is 0 Å². The highest BCUT2D eigenvalue weighted by Gasteiger charge is 2.12. The highest BCUT2D eigenvalue weighted by Crippen LogP contribution is 2.15. The molecule has 0 aliphatic heterocycles. The molecule has 6 nitrogen and oxygen atoms in total. The maximum Gasteiger partial charge on any atom is 0.259 e. The Morgan fingerprint density at radius 1 is 1.23 bits per heavy atom. The molecule has 0 unspecified atom stereocenters. The third-order valence-electron chi connectivity index (χ3n) is 3.34. The summed E-state index contributed by atoms with van der Waals surface area (Å²) in [5, 5.41) is 7.17. The molecule has 0 saturated carbocycles. The zero-order valence-electron chi connectivity index (χ0n) is 12.6. The van der Waals surface area contributed by atoms with Crippen molar-refractivity contribution >= 4 is 11.6 Å². The predicted octanol–water partition coefficient (Wildman–Crippen LogP) is 3.04. The third kappa shape index (κ3) is 2.63. The molecule has 22 heavy (non-hydrogen) atoms. The Morgan fingerprint density at radius 2 is 2.05 bits per heavy atom. The number of furan rings is 1. The average Bonchev–Trinajstić information content (AvgIpc) is 3.05. The summed E-state index contributed by atoms with van der Waals surface area (Å²) < 4.78 is 6.89. The number of pyridine rings is 1. The molecule has 6 heteroatoms. The van der Waals surface area contributed by atoms with Crippen LogP contribution in [0.3, 0.4) is 0 Å². The van der Waals surface area contributed by atoms with Gasteiger partial charge < -0.3 is 9.73 Å². The van der Waals surface area contributed by atoms with Gasteiger partial charge in [-0.25, -0.2) is 9.67 Å². The van der Waals surface area contributed by atoms with Crippen molar-refractivity contribution in [1.82, 2.24) is 14.8 Å². The van der Waals surface area contributed by atoms with Crippen LogP contribution < -0.4 is 5.32 Å². The first kappa shape index (κ1) is 14.1. The van der Waals surface area contributed by atoms with Crippen LogP contribution in [0.4, 0.5) is 5.69 Å². The minimum Gasteiger partial charge on any atom is -0.469 e. The third-order valence-corrected chi connectivity index (χ3v) is 3.34. The van der Waals surface area contributed by atoms with Crippen molar-refractivity contribution in [1.29, 1.82) is 0 Å². The van der Waals surface area contributed by atoms with E-state index in [4.69, 9.17) is 4.42 Å². The van der Waals surface area contributed by atoms with E-state index in [0.29, 0.717) is 22.8 Å². The monoisotopic (exact) mass is 296 g/mol. The molecular weight excluding hydrogens is 280 g/mol. The number of aryl methyl sites for hydroxylation is 3. The van der Waals surface area contributed by atoms with Gasteiger partial charge in [0.25, 0.3) is 5.91 Å². The van der Waals surface area contributed by atoms with Crippen LogP contribution in [0.2, 0.25) is 0 Å². The zero-order chi connectivity index (χ0) is 15.7. The van der Waals surface area contributed by atoms with Gasteiger partial charge in [0, 0.05) is 5.69 Å². The minimum atomic E-state index is -0.216. The molecule has 0 bridgehead atoms. The van der Waals surface area contributed by atoms with Crippen LogP contribution in [0, 0.1) is 20.8 Å². The lowest BCUT2D eigenvalue weighted by Gasteiger charge is -2.06. The van der Waals surface area contributed by atoms with Crippen molar-refractivity contribution in [3.05, 3.63) is 59.4 Å². The van der Waals surface area contributed by atoms with E-state index in [1.54, 1.807) is 29.9 Å². The Kier molecular flexibility index (Phi) is 3.50. The van der Waals surface area contributed by atoms with Crippen LogP contribution >= 0.6 is 0 Å². The van der Waals surface area contributed by atoms with Crippen LogP contribution in [0.25, 0.3) is 5.82 Å². The van der Waals surface area contributed by atoms with Crippen LogP contribution in [0.1, 0.15) is 27.5 Å². The SMILES string of the molecule is Cc1cc(C)n(-c2ccc(NC(=O)c3ccoc3C)cn2)n1. The molecule has 3 heterocycles. The molecule has 112 valence electrons. The molecule has 3 aromatic rings. The van der Waals surface area contributed by atoms with Gasteiger partial charge in [0.15, 0.2) is 5.82 Å². The molecule has 3 rings (SSSR count). The fraction of sp³-hybridized carbons (Fsp3) is 0.188. The van der Waals surface area contributed by atoms with Gasteiger partial charge in [-0.15, -0.1) is 0 Å². The van der Waals surface area contributed by atoms with E-state index in [2.05, 4.69) is 15.4 Å². The summed E-state index contributed by atoms with van der Waals surface area (Å²) in [4.78, 5) is 16.4. The van der Waals surface area contributed by atoms with E-state index < -0.39 is 0 Å². The number of amides is 1. The van der Waals surface area contributed by atoms with Gasteiger partial charge in [-0.05, 0) is 45.0 Å². The maximum atomic E-state index is 12.1. The van der Waals surface area contributed by atoms with Crippen LogP contribution in [0.5, 0.6) is 0 Å². The van der Waals surface area contributed by atoms with Crippen LogP contribution in [-0.2, 0) is 0 Å². The largest absolute Gasteiger partial charge is 0.469 e. The van der Waals surface area contributed by atoms with E-state index in [-0.39, 0.29) is 5.91 Å². The highest BCUT2D eigenvalue weighted by atomic mass is 16.3. The number of rotatable bonds is 3. The molecule has 3 aromatic heterocycles. The highest BCUT2D eigenvalue weighted by molar-refractivity contribution is 6.04. The molecule has 0 spiro atoms. The molecule has 0 aliphatic carbocycles. The quantitative estimate of drug-likeness (QED) is 0.806. The van der Waals surface area contributed by atoms with Crippen molar-refractivity contribution < 1.29 is 9.21 Å². The lowest BCUT2D eigenvalue weighted by molar-refractivity contribution is 0.102. The molecule has 0 atom stereocenters. The lowest BCUT2D eigenvalue weighted by atomic mass is 10.2. The van der Waals surface area contributed by atoms with E-state index in [1.807, 2.05) is 26.0 Å². The summed E-state index contributed by atoms with van der Waals surface area (Å²) in [5.41, 5.74) is 3.08. The summed E-state index contributed by atoms with van der Waals surface area (Å²) in [7, 11) is 0. The van der Waals surface area contributed by atoms with Gasteiger partial charge in [0.05, 0.1) is 29.4 Å². The number of nitrogens with zero attached hydrogens (tertiary/aromatic N) is 3. The van der Waals surface area contributed by atoms with Crippen molar-refractivity contribution in [2.24, 2.45) is 0 Å². The van der Waals surface area contributed by atoms with Gasteiger partial charge in [0.1, 0.15) is 5.76 Å². The molecule has 0 saturated heterocycles.